The standard InChI is InChI=1S/C16H22N4O2S.ClH/c1-9-10(2)23-16-14(9)15(22)18-12(19-16)5-6-13(21)20-7-3-4-11(20)8-17;/h11H,3-8,17H2,1-2H3,(H,18,19,22);1H. The largest absolute Gasteiger partial charge is 0.338 e. The predicted octanol–water partition coefficient (Wildman–Crippen LogP) is 1.91. The van der Waals surface area contributed by atoms with E-state index >= 15 is 0 Å². The lowest BCUT2D eigenvalue weighted by molar-refractivity contribution is -0.131. The number of carbonyl (C=O) groups excluding carboxylic acids is 1. The number of fused-ring (bicyclic) bond motifs is 1. The molecular formula is C16H23ClN4O2S. The van der Waals surface area contributed by atoms with Gasteiger partial charge in [0, 0.05) is 36.9 Å². The van der Waals surface area contributed by atoms with Gasteiger partial charge in [0.15, 0.2) is 0 Å². The van der Waals surface area contributed by atoms with Crippen molar-refractivity contribution < 1.29 is 4.79 Å². The summed E-state index contributed by atoms with van der Waals surface area (Å²) in [6, 6.07) is 0.166. The molecule has 2 aromatic heterocycles. The number of halogens is 1. The van der Waals surface area contributed by atoms with E-state index in [4.69, 9.17) is 5.73 Å². The first kappa shape index (κ1) is 18.9. The molecule has 0 saturated carbocycles. The topological polar surface area (TPSA) is 92.1 Å². The molecule has 3 heterocycles. The van der Waals surface area contributed by atoms with Crippen LogP contribution < -0.4 is 11.3 Å². The van der Waals surface area contributed by atoms with E-state index in [0.29, 0.717) is 30.6 Å². The summed E-state index contributed by atoms with van der Waals surface area (Å²) in [5, 5.41) is 0.672. The highest BCUT2D eigenvalue weighted by molar-refractivity contribution is 7.18. The number of H-pyrrole nitrogens is 1. The summed E-state index contributed by atoms with van der Waals surface area (Å²) in [6.45, 7) is 5.23. The van der Waals surface area contributed by atoms with Crippen molar-refractivity contribution >= 4 is 39.9 Å². The van der Waals surface area contributed by atoms with Crippen molar-refractivity contribution in [2.24, 2.45) is 5.73 Å². The van der Waals surface area contributed by atoms with Gasteiger partial charge in [-0.05, 0) is 32.3 Å². The second kappa shape index (κ2) is 7.63. The van der Waals surface area contributed by atoms with E-state index in [9.17, 15) is 9.59 Å². The van der Waals surface area contributed by atoms with Gasteiger partial charge in [0.05, 0.1) is 5.39 Å². The van der Waals surface area contributed by atoms with Gasteiger partial charge in [-0.3, -0.25) is 9.59 Å². The molecule has 1 aliphatic rings. The smallest absolute Gasteiger partial charge is 0.259 e. The van der Waals surface area contributed by atoms with Crippen LogP contribution in [0.4, 0.5) is 0 Å². The second-order valence-corrected chi connectivity index (χ2v) is 7.30. The summed E-state index contributed by atoms with van der Waals surface area (Å²) < 4.78 is 0. The summed E-state index contributed by atoms with van der Waals surface area (Å²) in [5.41, 5.74) is 6.59. The quantitative estimate of drug-likeness (QED) is 0.859. The molecule has 1 fully saturated rings. The van der Waals surface area contributed by atoms with Crippen LogP contribution in [0.1, 0.15) is 35.5 Å². The minimum atomic E-state index is -0.111. The molecule has 8 heteroatoms. The molecule has 1 amide bonds. The van der Waals surface area contributed by atoms with Crippen molar-refractivity contribution in [2.45, 2.75) is 45.6 Å². The normalized spacial score (nSPS) is 17.3. The number of amides is 1. The minimum Gasteiger partial charge on any atom is -0.338 e. The van der Waals surface area contributed by atoms with Crippen LogP contribution in [0.2, 0.25) is 0 Å². The van der Waals surface area contributed by atoms with Gasteiger partial charge in [0.1, 0.15) is 10.7 Å². The molecular weight excluding hydrogens is 348 g/mol. The number of thiophene rings is 1. The van der Waals surface area contributed by atoms with Crippen LogP contribution in [0.15, 0.2) is 4.79 Å². The van der Waals surface area contributed by atoms with Crippen molar-refractivity contribution in [1.82, 2.24) is 14.9 Å². The molecule has 3 N–H and O–H groups in total. The van der Waals surface area contributed by atoms with E-state index in [-0.39, 0.29) is 29.9 Å². The van der Waals surface area contributed by atoms with Crippen LogP contribution >= 0.6 is 23.7 Å². The van der Waals surface area contributed by atoms with Crippen molar-refractivity contribution in [1.29, 1.82) is 0 Å². The van der Waals surface area contributed by atoms with Gasteiger partial charge in [-0.1, -0.05) is 0 Å². The number of rotatable bonds is 4. The van der Waals surface area contributed by atoms with E-state index in [2.05, 4.69) is 9.97 Å². The maximum absolute atomic E-state index is 12.3. The van der Waals surface area contributed by atoms with Crippen LogP contribution in [0.5, 0.6) is 0 Å². The van der Waals surface area contributed by atoms with E-state index < -0.39 is 0 Å². The third-order valence-electron chi connectivity index (χ3n) is 4.63. The Bertz CT molecular complexity index is 801. The highest BCUT2D eigenvalue weighted by Crippen LogP contribution is 2.26. The van der Waals surface area contributed by atoms with Crippen LogP contribution in [0.3, 0.4) is 0 Å². The SMILES string of the molecule is Cc1sc2nc(CCC(=O)N3CCCC3CN)[nH]c(=O)c2c1C.Cl. The number of aromatic nitrogens is 2. The number of nitrogens with one attached hydrogen (secondary N) is 1. The van der Waals surface area contributed by atoms with Crippen molar-refractivity contribution in [2.75, 3.05) is 13.1 Å². The zero-order valence-electron chi connectivity index (χ0n) is 13.9. The molecule has 0 aromatic carbocycles. The summed E-state index contributed by atoms with van der Waals surface area (Å²) in [6.07, 6.45) is 2.81. The number of nitrogens with zero attached hydrogens (tertiary/aromatic N) is 2. The van der Waals surface area contributed by atoms with E-state index in [1.165, 1.54) is 11.3 Å². The van der Waals surface area contributed by atoms with Gasteiger partial charge >= 0.3 is 0 Å². The second-order valence-electron chi connectivity index (χ2n) is 6.09. The average Bonchev–Trinajstić information content (AvgIpc) is 3.10. The molecule has 0 radical (unpaired) electrons. The van der Waals surface area contributed by atoms with Gasteiger partial charge in [-0.25, -0.2) is 4.98 Å². The number of aryl methyl sites for hydroxylation is 3. The number of carbonyl (C=O) groups is 1. The number of nitrogens with two attached hydrogens (primary N) is 1. The van der Waals surface area contributed by atoms with Crippen molar-refractivity contribution in [3.05, 3.63) is 26.6 Å². The Labute approximate surface area is 150 Å². The molecule has 0 bridgehead atoms. The highest BCUT2D eigenvalue weighted by atomic mass is 35.5. The van der Waals surface area contributed by atoms with Gasteiger partial charge in [-0.2, -0.15) is 0 Å². The third-order valence-corrected chi connectivity index (χ3v) is 5.73. The van der Waals surface area contributed by atoms with Crippen LogP contribution in [0, 0.1) is 13.8 Å². The lowest BCUT2D eigenvalue weighted by Crippen LogP contribution is -2.40. The Hall–Kier alpha value is -1.44. The molecule has 24 heavy (non-hydrogen) atoms. The Morgan fingerprint density at radius 1 is 1.46 bits per heavy atom. The van der Waals surface area contributed by atoms with Crippen LogP contribution in [-0.4, -0.2) is 39.9 Å². The summed E-state index contributed by atoms with van der Waals surface area (Å²) in [5.74, 6) is 0.680. The first-order chi connectivity index (χ1) is 11.0. The Morgan fingerprint density at radius 3 is 2.92 bits per heavy atom. The summed E-state index contributed by atoms with van der Waals surface area (Å²) in [7, 11) is 0. The number of hydrogen-bond donors (Lipinski definition) is 2. The lowest BCUT2D eigenvalue weighted by Gasteiger charge is -2.23. The molecule has 0 aliphatic carbocycles. The van der Waals surface area contributed by atoms with E-state index in [1.807, 2.05) is 18.7 Å². The maximum atomic E-state index is 12.3. The molecule has 0 spiro atoms. The van der Waals surface area contributed by atoms with Crippen molar-refractivity contribution in [3.8, 4) is 0 Å². The zero-order chi connectivity index (χ0) is 16.6. The molecule has 2 aromatic rings. The Kier molecular flexibility index (Phi) is 6.01. The molecule has 1 atom stereocenters. The molecule has 1 aliphatic heterocycles. The number of aromatic amines is 1. The Balaban J connectivity index is 0.00000208. The zero-order valence-corrected chi connectivity index (χ0v) is 15.6. The molecule has 3 rings (SSSR count). The number of hydrogen-bond acceptors (Lipinski definition) is 5. The fourth-order valence-electron chi connectivity index (χ4n) is 3.20. The first-order valence-corrected chi connectivity index (χ1v) is 8.81. The monoisotopic (exact) mass is 370 g/mol. The van der Waals surface area contributed by atoms with E-state index in [1.54, 1.807) is 0 Å². The average molecular weight is 371 g/mol. The van der Waals surface area contributed by atoms with Gasteiger partial charge in [-0.15, -0.1) is 23.7 Å². The Morgan fingerprint density at radius 2 is 2.21 bits per heavy atom. The van der Waals surface area contributed by atoms with E-state index in [0.717, 1.165) is 34.7 Å². The van der Waals surface area contributed by atoms with Gasteiger partial charge in [0.2, 0.25) is 5.91 Å². The molecule has 1 saturated heterocycles. The number of likely N-dealkylation sites (tertiary alicyclic amines) is 1. The highest BCUT2D eigenvalue weighted by Gasteiger charge is 2.27. The first-order valence-electron chi connectivity index (χ1n) is 7.99. The van der Waals surface area contributed by atoms with Crippen LogP contribution in [-0.2, 0) is 11.2 Å². The third kappa shape index (κ3) is 3.48. The summed E-state index contributed by atoms with van der Waals surface area (Å²) in [4.78, 5) is 35.7. The minimum absolute atomic E-state index is 0. The van der Waals surface area contributed by atoms with Crippen LogP contribution in [0.25, 0.3) is 10.2 Å². The maximum Gasteiger partial charge on any atom is 0.259 e. The van der Waals surface area contributed by atoms with Crippen molar-refractivity contribution in [3.63, 3.8) is 0 Å². The fourth-order valence-corrected chi connectivity index (χ4v) is 4.24. The predicted molar refractivity (Wildman–Crippen MR) is 99.1 cm³/mol. The molecule has 132 valence electrons. The van der Waals surface area contributed by atoms with Gasteiger partial charge < -0.3 is 15.6 Å². The summed E-state index contributed by atoms with van der Waals surface area (Å²) >= 11 is 1.53. The molecule has 6 nitrogen and oxygen atoms in total. The fraction of sp³-hybridized carbons (Fsp3) is 0.562. The lowest BCUT2D eigenvalue weighted by atomic mass is 10.2. The van der Waals surface area contributed by atoms with Gasteiger partial charge in [0.25, 0.3) is 5.56 Å². The molecule has 1 unspecified atom stereocenters.